The van der Waals surface area contributed by atoms with Gasteiger partial charge in [-0.25, -0.2) is 27.2 Å². The topological polar surface area (TPSA) is 96.6 Å². The average Bonchev–Trinajstić information content (AvgIpc) is 2.87. The number of sulfone groups is 1. The second-order valence-corrected chi connectivity index (χ2v) is 10.5. The van der Waals surface area contributed by atoms with Crippen molar-refractivity contribution in [2.75, 3.05) is 0 Å². The molecule has 0 radical (unpaired) electrons. The Morgan fingerprint density at radius 2 is 1.68 bits per heavy atom. The first-order chi connectivity index (χ1) is 17.7. The fraction of sp³-hybridized carbons (Fsp3) is 0.0714. The van der Waals surface area contributed by atoms with Gasteiger partial charge in [0, 0.05) is 29.4 Å². The number of pyridine rings is 1. The number of nitriles is 1. The van der Waals surface area contributed by atoms with E-state index in [1.165, 1.54) is 30.7 Å². The first-order valence-corrected chi connectivity index (χ1v) is 12.8. The van der Waals surface area contributed by atoms with Crippen molar-refractivity contribution in [2.24, 2.45) is 0 Å². The molecule has 0 bridgehead atoms. The number of halogens is 2. The molecule has 6 nitrogen and oxygen atoms in total. The molecule has 182 valence electrons. The summed E-state index contributed by atoms with van der Waals surface area (Å²) < 4.78 is 53.6. The van der Waals surface area contributed by atoms with Gasteiger partial charge in [-0.3, -0.25) is 4.98 Å². The highest BCUT2D eigenvalue weighted by molar-refractivity contribution is 7.90. The molecule has 0 atom stereocenters. The molecule has 0 spiro atoms. The van der Waals surface area contributed by atoms with Crippen LogP contribution in [-0.2, 0) is 15.6 Å². The van der Waals surface area contributed by atoms with Crippen LogP contribution in [0.1, 0.15) is 16.8 Å². The molecule has 37 heavy (non-hydrogen) atoms. The van der Waals surface area contributed by atoms with Crippen molar-refractivity contribution in [3.8, 4) is 28.5 Å². The van der Waals surface area contributed by atoms with E-state index in [-0.39, 0.29) is 21.8 Å². The van der Waals surface area contributed by atoms with Crippen LogP contribution >= 0.6 is 0 Å². The van der Waals surface area contributed by atoms with E-state index in [1.807, 2.05) is 6.92 Å². The van der Waals surface area contributed by atoms with Gasteiger partial charge in [0.25, 0.3) is 0 Å². The molecule has 5 aromatic rings. The summed E-state index contributed by atoms with van der Waals surface area (Å²) in [6.45, 7) is 1.82. The van der Waals surface area contributed by atoms with Crippen molar-refractivity contribution in [3.63, 3.8) is 0 Å². The number of fused-ring (bicyclic) bond motifs is 1. The molecule has 0 aliphatic carbocycles. The molecule has 0 amide bonds. The molecule has 0 saturated heterocycles. The molecule has 0 saturated carbocycles. The van der Waals surface area contributed by atoms with Crippen molar-refractivity contribution in [1.82, 2.24) is 15.0 Å². The van der Waals surface area contributed by atoms with Gasteiger partial charge in [-0.15, -0.1) is 0 Å². The minimum Gasteiger partial charge on any atom is -0.256 e. The Morgan fingerprint density at radius 3 is 2.38 bits per heavy atom. The molecule has 9 heteroatoms. The summed E-state index contributed by atoms with van der Waals surface area (Å²) in [6, 6.07) is 16.6. The fourth-order valence-electron chi connectivity index (χ4n) is 4.25. The lowest BCUT2D eigenvalue weighted by Crippen LogP contribution is -2.06. The monoisotopic (exact) mass is 512 g/mol. The van der Waals surface area contributed by atoms with Gasteiger partial charge in [-0.05, 0) is 77.5 Å². The second-order valence-electron chi connectivity index (χ2n) is 8.48. The first kappa shape index (κ1) is 24.2. The summed E-state index contributed by atoms with van der Waals surface area (Å²) in [5, 5.41) is 11.2. The van der Waals surface area contributed by atoms with E-state index >= 15 is 0 Å². The molecule has 0 N–H and O–H groups in total. The van der Waals surface area contributed by atoms with Gasteiger partial charge in [0.05, 0.1) is 33.7 Å². The lowest BCUT2D eigenvalue weighted by atomic mass is 9.92. The van der Waals surface area contributed by atoms with Crippen molar-refractivity contribution >= 4 is 20.6 Å². The number of hydrogen-bond acceptors (Lipinski definition) is 6. The maximum atomic E-state index is 13.8. The highest BCUT2D eigenvalue weighted by atomic mass is 32.2. The Bertz CT molecular complexity index is 1800. The molecule has 0 aliphatic heterocycles. The van der Waals surface area contributed by atoms with Crippen LogP contribution in [0.4, 0.5) is 8.78 Å². The first-order valence-electron chi connectivity index (χ1n) is 11.1. The summed E-state index contributed by atoms with van der Waals surface area (Å²) in [4.78, 5) is 12.5. The Labute approximate surface area is 211 Å². The zero-order valence-electron chi connectivity index (χ0n) is 19.5. The zero-order chi connectivity index (χ0) is 26.2. The van der Waals surface area contributed by atoms with Gasteiger partial charge in [-0.1, -0.05) is 6.07 Å². The predicted molar refractivity (Wildman–Crippen MR) is 135 cm³/mol. The van der Waals surface area contributed by atoms with E-state index < -0.39 is 21.5 Å². The summed E-state index contributed by atoms with van der Waals surface area (Å²) >= 11 is 0. The van der Waals surface area contributed by atoms with Gasteiger partial charge < -0.3 is 0 Å². The molecule has 0 unspecified atom stereocenters. The highest BCUT2D eigenvalue weighted by Crippen LogP contribution is 2.35. The molecule has 0 fully saturated rings. The van der Waals surface area contributed by atoms with Crippen LogP contribution in [0.15, 0.2) is 84.3 Å². The molecule has 2 aromatic heterocycles. The minimum absolute atomic E-state index is 0.147. The largest absolute Gasteiger partial charge is 0.256 e. The van der Waals surface area contributed by atoms with E-state index in [2.05, 4.69) is 21.0 Å². The number of aryl methyl sites for hydroxylation is 1. The fourth-order valence-corrected chi connectivity index (χ4v) is 5.56. The van der Waals surface area contributed by atoms with E-state index in [0.717, 1.165) is 11.6 Å². The third kappa shape index (κ3) is 4.79. The third-order valence-electron chi connectivity index (χ3n) is 5.99. The number of rotatable bonds is 5. The van der Waals surface area contributed by atoms with Crippen molar-refractivity contribution < 1.29 is 17.2 Å². The molecular weight excluding hydrogens is 494 g/mol. The van der Waals surface area contributed by atoms with Crippen LogP contribution in [0.3, 0.4) is 0 Å². The summed E-state index contributed by atoms with van der Waals surface area (Å²) in [5.41, 5.74) is 3.23. The minimum atomic E-state index is -3.66. The van der Waals surface area contributed by atoms with Crippen LogP contribution in [0.2, 0.25) is 0 Å². The SMILES string of the molecule is Cc1cc(-c2cc(F)cc(F)c2)c(C#N)cc1-c1nccc2cc(S(=O)(=O)Cc3ccncn3)ccc12. The van der Waals surface area contributed by atoms with Gasteiger partial charge in [0.2, 0.25) is 0 Å². The maximum Gasteiger partial charge on any atom is 0.184 e. The normalized spacial score (nSPS) is 11.4. The van der Waals surface area contributed by atoms with E-state index in [4.69, 9.17) is 0 Å². The lowest BCUT2D eigenvalue weighted by Gasteiger charge is -2.14. The Hall–Kier alpha value is -4.55. The quantitative estimate of drug-likeness (QED) is 0.296. The summed E-state index contributed by atoms with van der Waals surface area (Å²) in [7, 11) is -3.66. The Balaban J connectivity index is 1.59. The third-order valence-corrected chi connectivity index (χ3v) is 7.64. The van der Waals surface area contributed by atoms with Gasteiger partial charge in [-0.2, -0.15) is 5.26 Å². The van der Waals surface area contributed by atoms with Crippen LogP contribution in [0.5, 0.6) is 0 Å². The zero-order valence-corrected chi connectivity index (χ0v) is 20.3. The van der Waals surface area contributed by atoms with Crippen molar-refractivity contribution in [1.29, 1.82) is 5.26 Å². The van der Waals surface area contributed by atoms with E-state index in [1.54, 1.807) is 42.6 Å². The molecule has 3 aromatic carbocycles. The van der Waals surface area contributed by atoms with Gasteiger partial charge >= 0.3 is 0 Å². The smallest absolute Gasteiger partial charge is 0.184 e. The predicted octanol–water partition coefficient (Wildman–Crippen LogP) is 5.79. The molecule has 2 heterocycles. The number of hydrogen-bond donors (Lipinski definition) is 0. The Morgan fingerprint density at radius 1 is 0.892 bits per heavy atom. The van der Waals surface area contributed by atoms with Gasteiger partial charge in [0.15, 0.2) is 9.84 Å². The molecular formula is C28H18F2N4O2S. The summed E-state index contributed by atoms with van der Waals surface area (Å²) in [5.74, 6) is -1.73. The Kier molecular flexibility index (Phi) is 6.19. The number of aromatic nitrogens is 3. The number of nitrogens with zero attached hydrogens (tertiary/aromatic N) is 4. The van der Waals surface area contributed by atoms with E-state index in [0.29, 0.717) is 33.3 Å². The van der Waals surface area contributed by atoms with Crippen molar-refractivity contribution in [2.45, 2.75) is 17.6 Å². The van der Waals surface area contributed by atoms with Crippen molar-refractivity contribution in [3.05, 3.63) is 108 Å². The lowest BCUT2D eigenvalue weighted by molar-refractivity contribution is 0.584. The molecule has 0 aliphatic rings. The van der Waals surface area contributed by atoms with Crippen LogP contribution in [-0.4, -0.2) is 23.4 Å². The standard InChI is InChI=1S/C28H18F2N4O2S/c1-17-8-27(19-9-21(29)13-22(30)10-19)20(14-31)12-26(17)28-25-3-2-24(11-18(25)4-7-33-28)37(35,36)15-23-5-6-32-16-34-23/h2-13,16H,15H2,1H3. The number of benzene rings is 3. The van der Waals surface area contributed by atoms with E-state index in [9.17, 15) is 22.5 Å². The average molecular weight is 513 g/mol. The summed E-state index contributed by atoms with van der Waals surface area (Å²) in [6.07, 6.45) is 4.36. The molecule has 5 rings (SSSR count). The van der Waals surface area contributed by atoms with Gasteiger partial charge in [0.1, 0.15) is 18.0 Å². The van der Waals surface area contributed by atoms with Crippen LogP contribution < -0.4 is 0 Å². The second kappa shape index (κ2) is 9.48. The van der Waals surface area contributed by atoms with Crippen LogP contribution in [0.25, 0.3) is 33.2 Å². The van der Waals surface area contributed by atoms with Crippen LogP contribution in [0, 0.1) is 29.9 Å². The highest BCUT2D eigenvalue weighted by Gasteiger charge is 2.19. The maximum absolute atomic E-state index is 13.8.